The fourth-order valence-electron chi connectivity index (χ4n) is 8.66. The van der Waals surface area contributed by atoms with Crippen LogP contribution in [-0.2, 0) is 46.7 Å². The van der Waals surface area contributed by atoms with Crippen molar-refractivity contribution in [1.29, 1.82) is 0 Å². The number of aryl methyl sites for hydroxylation is 1. The monoisotopic (exact) mass is 780 g/mol. The summed E-state index contributed by atoms with van der Waals surface area (Å²) in [5.74, 6) is -2.13. The summed E-state index contributed by atoms with van der Waals surface area (Å²) in [5, 5.41) is 18.6. The number of carbonyl (C=O) groups excluding carboxylic acids is 3. The number of nitrogens with zero attached hydrogens (tertiary/aromatic N) is 2. The molecule has 4 aromatic carbocycles. The van der Waals surface area contributed by atoms with Crippen LogP contribution >= 0.6 is 0 Å². The lowest BCUT2D eigenvalue weighted by atomic mass is 9.81. The first-order chi connectivity index (χ1) is 27.4. The van der Waals surface area contributed by atoms with E-state index >= 15 is 0 Å². The number of carbonyl (C=O) groups is 3. The zero-order valence-electron chi connectivity index (χ0n) is 33.2. The van der Waals surface area contributed by atoms with Crippen LogP contribution in [0.1, 0.15) is 67.9 Å². The van der Waals surface area contributed by atoms with Crippen molar-refractivity contribution in [1.82, 2.24) is 20.4 Å². The number of amides is 3. The van der Waals surface area contributed by atoms with Gasteiger partial charge in [-0.3, -0.25) is 19.3 Å². The lowest BCUT2D eigenvalue weighted by Crippen LogP contribution is -2.61. The van der Waals surface area contributed by atoms with E-state index in [4.69, 9.17) is 4.74 Å². The summed E-state index contributed by atoms with van der Waals surface area (Å²) in [6, 6.07) is 26.2. The molecule has 0 saturated carbocycles. The number of hydrogen-bond acceptors (Lipinski definition) is 6. The van der Waals surface area contributed by atoms with Gasteiger partial charge in [0.2, 0.25) is 17.7 Å². The molecule has 1 unspecified atom stereocenters. The number of rotatable bonds is 16. The van der Waals surface area contributed by atoms with Crippen LogP contribution in [-0.4, -0.2) is 76.1 Å². The fourth-order valence-corrected chi connectivity index (χ4v) is 8.66. The van der Waals surface area contributed by atoms with Gasteiger partial charge in [-0.2, -0.15) is 0 Å². The summed E-state index contributed by atoms with van der Waals surface area (Å²) in [5.41, 5.74) is 3.28. The molecule has 2 aliphatic heterocycles. The zero-order chi connectivity index (χ0) is 40.7. The molecule has 4 aromatic rings. The Balaban J connectivity index is 1.35. The van der Waals surface area contributed by atoms with Crippen molar-refractivity contribution in [3.63, 3.8) is 0 Å². The molecular formula is C46H54F2N4O5. The summed E-state index contributed by atoms with van der Waals surface area (Å²) in [6.45, 7) is 6.55. The van der Waals surface area contributed by atoms with Gasteiger partial charge in [0.1, 0.15) is 29.0 Å². The number of aliphatic hydroxyl groups is 1. The number of nitrogens with one attached hydrogen (secondary N) is 2. The number of ether oxygens (including phenoxy) is 1. The highest BCUT2D eigenvalue weighted by Gasteiger charge is 2.53. The largest absolute Gasteiger partial charge is 0.497 e. The summed E-state index contributed by atoms with van der Waals surface area (Å²) in [4.78, 5) is 45.6. The van der Waals surface area contributed by atoms with Crippen molar-refractivity contribution in [3.05, 3.63) is 137 Å². The number of aliphatic hydroxyl groups excluding tert-OH is 1. The third-order valence-electron chi connectivity index (χ3n) is 11.9. The van der Waals surface area contributed by atoms with E-state index in [0.717, 1.165) is 34.1 Å². The minimum Gasteiger partial charge on any atom is -0.497 e. The quantitative estimate of drug-likeness (QED) is 0.126. The number of fused-ring (bicyclic) bond motifs is 1. The Morgan fingerprint density at radius 1 is 0.930 bits per heavy atom. The Hall–Kier alpha value is -5.13. The highest BCUT2D eigenvalue weighted by atomic mass is 19.1. The molecule has 2 aliphatic rings. The number of halogens is 2. The van der Waals surface area contributed by atoms with E-state index in [9.17, 15) is 28.3 Å². The van der Waals surface area contributed by atoms with Crippen LogP contribution in [0.25, 0.3) is 0 Å². The Morgan fingerprint density at radius 2 is 1.60 bits per heavy atom. The summed E-state index contributed by atoms with van der Waals surface area (Å²) in [6.07, 6.45) is 0.927. The molecule has 3 amide bonds. The molecule has 1 saturated heterocycles. The topological polar surface area (TPSA) is 111 Å². The Morgan fingerprint density at radius 3 is 2.25 bits per heavy atom. The average Bonchev–Trinajstić information content (AvgIpc) is 3.52. The maximum absolute atomic E-state index is 14.8. The van der Waals surface area contributed by atoms with Crippen molar-refractivity contribution in [2.45, 2.75) is 102 Å². The molecule has 3 N–H and O–H groups in total. The van der Waals surface area contributed by atoms with Crippen LogP contribution in [0.15, 0.2) is 97.1 Å². The maximum Gasteiger partial charge on any atom is 0.249 e. The van der Waals surface area contributed by atoms with Crippen LogP contribution < -0.4 is 15.4 Å². The van der Waals surface area contributed by atoms with Crippen molar-refractivity contribution >= 4 is 17.7 Å². The standard InChI is InChI=1S/C46H54F2N4O5/c1-5-30(2)46(50-31(3)53)21-22-52(45(46)56)41(20-17-32-11-7-6-8-12-32)44(55)49-40(25-34-23-37(47)27-38(48)24-34)43(54)42-26-35-13-9-10-14-36(35)29-51(42)28-33-15-18-39(57-4)19-16-33/h6-16,18-19,23-24,27,30,40-43,54H,5,17,20-22,25-26,28-29H2,1-4H3,(H,49,55)(H,50,53)/t30-,40+,41?,42-,43+,46+/m1/s1. The second-order valence-electron chi connectivity index (χ2n) is 15.6. The van der Waals surface area contributed by atoms with Crippen LogP contribution in [0.5, 0.6) is 5.75 Å². The summed E-state index contributed by atoms with van der Waals surface area (Å²) in [7, 11) is 1.61. The Labute approximate surface area is 334 Å². The van der Waals surface area contributed by atoms with Crippen molar-refractivity contribution in [2.24, 2.45) is 5.92 Å². The van der Waals surface area contributed by atoms with Gasteiger partial charge in [0.25, 0.3) is 0 Å². The normalized spacial score (nSPS) is 20.3. The number of benzene rings is 4. The molecule has 302 valence electrons. The van der Waals surface area contributed by atoms with E-state index in [1.165, 1.54) is 19.1 Å². The zero-order valence-corrected chi connectivity index (χ0v) is 33.2. The molecule has 0 aliphatic carbocycles. The number of hydrogen-bond donors (Lipinski definition) is 3. The van der Waals surface area contributed by atoms with Crippen LogP contribution in [0.4, 0.5) is 8.78 Å². The van der Waals surface area contributed by atoms with E-state index in [0.29, 0.717) is 38.8 Å². The molecule has 1 fully saturated rings. The minimum absolute atomic E-state index is 0.0713. The van der Waals surface area contributed by atoms with Gasteiger partial charge in [-0.1, -0.05) is 87.0 Å². The first-order valence-electron chi connectivity index (χ1n) is 19.9. The molecule has 0 aromatic heterocycles. The average molecular weight is 781 g/mol. The van der Waals surface area contributed by atoms with Gasteiger partial charge in [-0.05, 0) is 90.1 Å². The Kier molecular flexibility index (Phi) is 13.4. The molecule has 57 heavy (non-hydrogen) atoms. The number of likely N-dealkylation sites (tertiary alicyclic amines) is 1. The van der Waals surface area contributed by atoms with Gasteiger partial charge in [0.05, 0.1) is 19.3 Å². The molecule has 0 spiro atoms. The van der Waals surface area contributed by atoms with E-state index in [2.05, 4.69) is 21.6 Å². The lowest BCUT2D eigenvalue weighted by molar-refractivity contribution is -0.144. The first-order valence-corrected chi connectivity index (χ1v) is 19.9. The maximum atomic E-state index is 14.8. The van der Waals surface area contributed by atoms with Gasteiger partial charge in [0.15, 0.2) is 0 Å². The molecule has 6 atom stereocenters. The highest BCUT2D eigenvalue weighted by molar-refractivity contribution is 5.96. The molecule has 11 heteroatoms. The van der Waals surface area contributed by atoms with Crippen LogP contribution in [0.2, 0.25) is 0 Å². The fraction of sp³-hybridized carbons (Fsp3) is 0.413. The number of methoxy groups -OCH3 is 1. The lowest BCUT2D eigenvalue weighted by Gasteiger charge is -2.42. The summed E-state index contributed by atoms with van der Waals surface area (Å²) < 4.78 is 34.6. The minimum atomic E-state index is -1.20. The van der Waals surface area contributed by atoms with Crippen molar-refractivity contribution in [3.8, 4) is 5.75 Å². The smallest absolute Gasteiger partial charge is 0.249 e. The van der Waals surface area contributed by atoms with Gasteiger partial charge in [-0.25, -0.2) is 8.78 Å². The van der Waals surface area contributed by atoms with Gasteiger partial charge in [-0.15, -0.1) is 0 Å². The van der Waals surface area contributed by atoms with Crippen molar-refractivity contribution < 1.29 is 33.0 Å². The van der Waals surface area contributed by atoms with Gasteiger partial charge < -0.3 is 25.4 Å². The van der Waals surface area contributed by atoms with E-state index in [-0.39, 0.29) is 42.7 Å². The third-order valence-corrected chi connectivity index (χ3v) is 11.9. The van der Waals surface area contributed by atoms with Crippen molar-refractivity contribution in [2.75, 3.05) is 13.7 Å². The summed E-state index contributed by atoms with van der Waals surface area (Å²) >= 11 is 0. The molecule has 9 nitrogen and oxygen atoms in total. The molecule has 0 bridgehead atoms. The van der Waals surface area contributed by atoms with Gasteiger partial charge in [0, 0.05) is 38.7 Å². The molecular weight excluding hydrogens is 727 g/mol. The SMILES string of the molecule is CC[C@@H](C)[C@@]1(NC(C)=O)CCN(C(CCc2ccccc2)C(=O)N[C@@H](Cc2cc(F)cc(F)c2)[C@H](O)[C@H]2Cc3ccccc3CN2Cc2ccc(OC)cc2)C1=O. The molecule has 2 heterocycles. The highest BCUT2D eigenvalue weighted by Crippen LogP contribution is 2.35. The second kappa shape index (κ2) is 18.4. The van der Waals surface area contributed by atoms with E-state index in [1.54, 1.807) is 12.0 Å². The van der Waals surface area contributed by atoms with Gasteiger partial charge >= 0.3 is 0 Å². The molecule has 6 rings (SSSR count). The predicted molar refractivity (Wildman–Crippen MR) is 215 cm³/mol. The first kappa shape index (κ1) is 41.5. The van der Waals surface area contributed by atoms with Crippen LogP contribution in [0, 0.1) is 17.6 Å². The third kappa shape index (κ3) is 9.71. The van der Waals surface area contributed by atoms with Crippen LogP contribution in [0.3, 0.4) is 0 Å². The molecule has 0 radical (unpaired) electrons. The van der Waals surface area contributed by atoms with E-state index in [1.807, 2.05) is 86.6 Å². The predicted octanol–water partition coefficient (Wildman–Crippen LogP) is 6.14. The van der Waals surface area contributed by atoms with E-state index < -0.39 is 47.3 Å². The second-order valence-corrected chi connectivity index (χ2v) is 15.6. The Bertz CT molecular complexity index is 1990.